The zero-order chi connectivity index (χ0) is 31.2. The van der Waals surface area contributed by atoms with E-state index in [0.29, 0.717) is 11.8 Å². The lowest BCUT2D eigenvalue weighted by atomic mass is 10.0. The minimum atomic E-state index is 0.487. The van der Waals surface area contributed by atoms with Crippen molar-refractivity contribution in [1.29, 1.82) is 0 Å². The number of hydrogen-bond acceptors (Lipinski definition) is 4. The van der Waals surface area contributed by atoms with E-state index in [1.165, 1.54) is 21.8 Å². The van der Waals surface area contributed by atoms with Crippen LogP contribution in [0.5, 0.6) is 0 Å². The van der Waals surface area contributed by atoms with Crippen LogP contribution in [0.3, 0.4) is 0 Å². The van der Waals surface area contributed by atoms with Crippen LogP contribution < -0.4 is 4.90 Å². The maximum Gasteiger partial charge on any atom is 0.248 e. The van der Waals surface area contributed by atoms with Crippen molar-refractivity contribution in [3.8, 4) is 28.6 Å². The topological polar surface area (TPSA) is 47.1 Å². The van der Waals surface area contributed by atoms with E-state index in [9.17, 15) is 0 Å². The van der Waals surface area contributed by atoms with Crippen LogP contribution in [0.15, 0.2) is 174 Å². The van der Waals surface area contributed by atoms with Crippen molar-refractivity contribution in [2.45, 2.75) is 0 Å². The van der Waals surface area contributed by atoms with Crippen molar-refractivity contribution in [1.82, 2.24) is 14.8 Å². The molecule has 9 rings (SSSR count). The number of fused-ring (bicyclic) bond motifs is 4. The van der Waals surface area contributed by atoms with Crippen LogP contribution in [-0.4, -0.2) is 14.8 Å². The molecule has 0 unspecified atom stereocenters. The Hall–Kier alpha value is -6.46. The van der Waals surface area contributed by atoms with Gasteiger partial charge in [-0.05, 0) is 89.6 Å². The van der Waals surface area contributed by atoms with Crippen LogP contribution in [0, 0.1) is 0 Å². The molecule has 0 saturated heterocycles. The van der Waals surface area contributed by atoms with Gasteiger partial charge in [-0.3, -0.25) is 0 Å². The van der Waals surface area contributed by atoms with Gasteiger partial charge in [0.1, 0.15) is 0 Å². The molecular formula is C42H28N4O. The highest BCUT2D eigenvalue weighted by atomic mass is 16.4. The maximum absolute atomic E-state index is 6.20. The number of rotatable bonds is 6. The SMILES string of the molecule is c1ccc(N(c2ccc(-c3nnc(-c4cccc5ccccc45)o3)cc2)c2ccc(-n3c4ccccc4c4ccccc43)cc2)cc1. The van der Waals surface area contributed by atoms with E-state index in [0.717, 1.165) is 44.6 Å². The molecule has 0 saturated carbocycles. The predicted molar refractivity (Wildman–Crippen MR) is 192 cm³/mol. The summed E-state index contributed by atoms with van der Waals surface area (Å²) in [6.45, 7) is 0. The molecule has 9 aromatic rings. The Morgan fingerprint density at radius 1 is 0.426 bits per heavy atom. The summed E-state index contributed by atoms with van der Waals surface area (Å²) in [5.74, 6) is 0.997. The van der Waals surface area contributed by atoms with Gasteiger partial charge < -0.3 is 13.9 Å². The van der Waals surface area contributed by atoms with Crippen LogP contribution in [-0.2, 0) is 0 Å². The number of hydrogen-bond donors (Lipinski definition) is 0. The number of nitrogens with zero attached hydrogens (tertiary/aromatic N) is 4. The summed E-state index contributed by atoms with van der Waals surface area (Å²) < 4.78 is 8.55. The fourth-order valence-electron chi connectivity index (χ4n) is 6.59. The fraction of sp³-hybridized carbons (Fsp3) is 0. The van der Waals surface area contributed by atoms with Gasteiger partial charge in [-0.1, -0.05) is 91.0 Å². The van der Waals surface area contributed by atoms with Crippen molar-refractivity contribution in [2.24, 2.45) is 0 Å². The smallest absolute Gasteiger partial charge is 0.248 e. The normalized spacial score (nSPS) is 11.4. The molecule has 47 heavy (non-hydrogen) atoms. The van der Waals surface area contributed by atoms with Crippen LogP contribution in [0.25, 0.3) is 61.2 Å². The highest BCUT2D eigenvalue weighted by Crippen LogP contribution is 2.38. The van der Waals surface area contributed by atoms with Gasteiger partial charge in [-0.25, -0.2) is 0 Å². The van der Waals surface area contributed by atoms with E-state index in [1.54, 1.807) is 0 Å². The van der Waals surface area contributed by atoms with Gasteiger partial charge in [-0.2, -0.15) is 0 Å². The summed E-state index contributed by atoms with van der Waals surface area (Å²) >= 11 is 0. The first-order chi connectivity index (χ1) is 23.3. The zero-order valence-electron chi connectivity index (χ0n) is 25.4. The van der Waals surface area contributed by atoms with E-state index in [2.05, 4.69) is 147 Å². The van der Waals surface area contributed by atoms with Crippen LogP contribution in [0.1, 0.15) is 0 Å². The lowest BCUT2D eigenvalue weighted by Gasteiger charge is -2.26. The van der Waals surface area contributed by atoms with E-state index in [1.807, 2.05) is 42.5 Å². The molecule has 2 aromatic heterocycles. The quantitative estimate of drug-likeness (QED) is 0.189. The molecule has 5 nitrogen and oxygen atoms in total. The van der Waals surface area contributed by atoms with Crippen LogP contribution >= 0.6 is 0 Å². The van der Waals surface area contributed by atoms with Gasteiger partial charge in [0.15, 0.2) is 0 Å². The summed E-state index contributed by atoms with van der Waals surface area (Å²) in [5.41, 5.74) is 8.46. The number of anilines is 3. The molecule has 222 valence electrons. The predicted octanol–water partition coefficient (Wildman–Crippen LogP) is 11.1. The molecule has 5 heteroatoms. The summed E-state index contributed by atoms with van der Waals surface area (Å²) in [6.07, 6.45) is 0. The second-order valence-electron chi connectivity index (χ2n) is 11.5. The molecule has 0 amide bonds. The number of para-hydroxylation sites is 3. The molecule has 0 aliphatic heterocycles. The minimum absolute atomic E-state index is 0.487. The summed E-state index contributed by atoms with van der Waals surface area (Å²) in [4.78, 5) is 2.26. The van der Waals surface area contributed by atoms with Crippen molar-refractivity contribution in [3.63, 3.8) is 0 Å². The van der Waals surface area contributed by atoms with E-state index in [-0.39, 0.29) is 0 Å². The first-order valence-electron chi connectivity index (χ1n) is 15.7. The Morgan fingerprint density at radius 3 is 1.66 bits per heavy atom. The van der Waals surface area contributed by atoms with Crippen molar-refractivity contribution >= 4 is 49.6 Å². The molecular weight excluding hydrogens is 576 g/mol. The summed E-state index contributed by atoms with van der Waals surface area (Å²) in [6, 6.07) is 59.0. The molecule has 7 aromatic carbocycles. The average molecular weight is 605 g/mol. The Kier molecular flexibility index (Phi) is 6.39. The molecule has 0 radical (unpaired) electrons. The largest absolute Gasteiger partial charge is 0.416 e. The fourth-order valence-corrected chi connectivity index (χ4v) is 6.59. The standard InChI is InChI=1S/C42H28N4O/c1-2-13-31(14-3-1)45(33-25-27-34(28-26-33)46-39-19-8-6-16-36(39)37-17-7-9-20-40(37)46)32-23-21-30(22-24-32)41-43-44-42(47-41)38-18-10-12-29-11-4-5-15-35(29)38/h1-28H. The van der Waals surface area contributed by atoms with Gasteiger partial charge in [0, 0.05) is 44.6 Å². The Morgan fingerprint density at radius 2 is 0.957 bits per heavy atom. The molecule has 0 aliphatic carbocycles. The second kappa shape index (κ2) is 11.2. The first kappa shape index (κ1) is 26.9. The lowest BCUT2D eigenvalue weighted by molar-refractivity contribution is 0.585. The van der Waals surface area contributed by atoms with Crippen LogP contribution in [0.4, 0.5) is 17.1 Å². The maximum atomic E-state index is 6.20. The van der Waals surface area contributed by atoms with Crippen LogP contribution in [0.2, 0.25) is 0 Å². The summed E-state index contributed by atoms with van der Waals surface area (Å²) in [7, 11) is 0. The third kappa shape index (κ3) is 4.64. The van der Waals surface area contributed by atoms with E-state index >= 15 is 0 Å². The van der Waals surface area contributed by atoms with Crippen molar-refractivity contribution < 1.29 is 4.42 Å². The van der Waals surface area contributed by atoms with E-state index in [4.69, 9.17) is 4.42 Å². The first-order valence-corrected chi connectivity index (χ1v) is 15.7. The van der Waals surface area contributed by atoms with Gasteiger partial charge in [-0.15, -0.1) is 10.2 Å². The molecule has 0 aliphatic rings. The molecule has 0 bridgehead atoms. The van der Waals surface area contributed by atoms with Gasteiger partial charge in [0.2, 0.25) is 11.8 Å². The Labute approximate surface area is 271 Å². The van der Waals surface area contributed by atoms with E-state index < -0.39 is 0 Å². The minimum Gasteiger partial charge on any atom is -0.416 e. The molecule has 0 fully saturated rings. The molecule has 2 heterocycles. The average Bonchev–Trinajstić information content (AvgIpc) is 3.77. The second-order valence-corrected chi connectivity index (χ2v) is 11.5. The highest BCUT2D eigenvalue weighted by molar-refractivity contribution is 6.09. The van der Waals surface area contributed by atoms with Crippen molar-refractivity contribution in [2.75, 3.05) is 4.90 Å². The third-order valence-electron chi connectivity index (χ3n) is 8.78. The molecule has 0 spiro atoms. The zero-order valence-corrected chi connectivity index (χ0v) is 25.4. The lowest BCUT2D eigenvalue weighted by Crippen LogP contribution is -2.10. The number of aromatic nitrogens is 3. The number of benzene rings is 7. The van der Waals surface area contributed by atoms with Crippen molar-refractivity contribution in [3.05, 3.63) is 170 Å². The van der Waals surface area contributed by atoms with Gasteiger partial charge >= 0.3 is 0 Å². The Balaban J connectivity index is 1.07. The monoisotopic (exact) mass is 604 g/mol. The van der Waals surface area contributed by atoms with Gasteiger partial charge in [0.05, 0.1) is 11.0 Å². The molecule has 0 atom stereocenters. The Bertz CT molecular complexity index is 2450. The third-order valence-corrected chi connectivity index (χ3v) is 8.78. The van der Waals surface area contributed by atoms with Gasteiger partial charge in [0.25, 0.3) is 0 Å². The molecule has 0 N–H and O–H groups in total. The summed E-state index contributed by atoms with van der Waals surface area (Å²) in [5, 5.41) is 13.5. The highest BCUT2D eigenvalue weighted by Gasteiger charge is 2.17.